The molecule has 0 saturated carbocycles. The third-order valence-electron chi connectivity index (χ3n) is 2.37. The fourth-order valence-electron chi connectivity index (χ4n) is 1.16. The number of amides is 1. The molecule has 0 aliphatic heterocycles. The molecule has 0 aromatic rings. The number of esters is 1. The zero-order valence-electron chi connectivity index (χ0n) is 11.5. The van der Waals surface area contributed by atoms with Crippen molar-refractivity contribution in [3.8, 4) is 0 Å². The maximum Gasteiger partial charge on any atom is 0.330 e. The molecule has 2 N–H and O–H groups in total. The van der Waals surface area contributed by atoms with Crippen LogP contribution in [0.15, 0.2) is 25.3 Å². The van der Waals surface area contributed by atoms with Crippen LogP contribution < -0.4 is 5.73 Å². The normalized spacial score (nSPS) is 10.6. The molecule has 0 spiro atoms. The van der Waals surface area contributed by atoms with Gasteiger partial charge >= 0.3 is 5.97 Å². The molecule has 4 nitrogen and oxygen atoms in total. The maximum absolute atomic E-state index is 10.8. The Balaban J connectivity index is 0. The summed E-state index contributed by atoms with van der Waals surface area (Å²) >= 11 is 0. The van der Waals surface area contributed by atoms with E-state index >= 15 is 0 Å². The lowest BCUT2D eigenvalue weighted by Crippen LogP contribution is -2.12. The van der Waals surface area contributed by atoms with Gasteiger partial charge in [-0.15, -0.1) is 0 Å². The first-order chi connectivity index (χ1) is 8.51. The summed E-state index contributed by atoms with van der Waals surface area (Å²) in [6.07, 6.45) is 6.91. The van der Waals surface area contributed by atoms with Crippen molar-refractivity contribution in [1.29, 1.82) is 0 Å². The Morgan fingerprint density at radius 2 is 1.83 bits per heavy atom. The van der Waals surface area contributed by atoms with Crippen LogP contribution >= 0.6 is 0 Å². The third kappa shape index (κ3) is 14.4. The molecular weight excluding hydrogens is 230 g/mol. The molecule has 0 saturated heterocycles. The van der Waals surface area contributed by atoms with Crippen molar-refractivity contribution in [2.75, 3.05) is 6.61 Å². The summed E-state index contributed by atoms with van der Waals surface area (Å²) in [7, 11) is 0. The van der Waals surface area contributed by atoms with Crippen molar-refractivity contribution in [3.63, 3.8) is 0 Å². The molecule has 0 fully saturated rings. The Hall–Kier alpha value is -1.58. The van der Waals surface area contributed by atoms with Gasteiger partial charge in [0.2, 0.25) is 5.91 Å². The van der Waals surface area contributed by atoms with Crippen molar-refractivity contribution >= 4 is 11.9 Å². The van der Waals surface area contributed by atoms with E-state index in [1.165, 1.54) is 18.9 Å². The first-order valence-corrected chi connectivity index (χ1v) is 6.22. The van der Waals surface area contributed by atoms with E-state index in [-0.39, 0.29) is 5.97 Å². The Morgan fingerprint density at radius 3 is 2.17 bits per heavy atom. The molecule has 1 unspecified atom stereocenters. The first kappa shape index (κ1) is 18.8. The average Bonchev–Trinajstić information content (AvgIpc) is 2.39. The Labute approximate surface area is 110 Å². The highest BCUT2D eigenvalue weighted by Crippen LogP contribution is 2.12. The number of unbranched alkanes of at least 4 members (excludes halogenated alkanes) is 1. The van der Waals surface area contributed by atoms with Crippen molar-refractivity contribution in [2.45, 2.75) is 39.5 Å². The summed E-state index contributed by atoms with van der Waals surface area (Å²) < 4.78 is 4.98. The molecule has 4 heteroatoms. The number of primary amides is 1. The van der Waals surface area contributed by atoms with E-state index in [4.69, 9.17) is 4.74 Å². The van der Waals surface area contributed by atoms with E-state index in [9.17, 15) is 9.59 Å². The van der Waals surface area contributed by atoms with Crippen LogP contribution in [-0.4, -0.2) is 18.5 Å². The van der Waals surface area contributed by atoms with E-state index in [0.29, 0.717) is 12.5 Å². The Bertz CT molecular complexity index is 262. The van der Waals surface area contributed by atoms with Gasteiger partial charge in [0.1, 0.15) is 0 Å². The monoisotopic (exact) mass is 255 g/mol. The summed E-state index contributed by atoms with van der Waals surface area (Å²) in [6.45, 7) is 11.3. The molecular formula is C14H25NO3. The summed E-state index contributed by atoms with van der Waals surface area (Å²) in [6, 6.07) is 0. The summed E-state index contributed by atoms with van der Waals surface area (Å²) in [4.78, 5) is 20.2. The van der Waals surface area contributed by atoms with Gasteiger partial charge in [0.05, 0.1) is 6.61 Å². The minimum absolute atomic E-state index is 0.310. The lowest BCUT2D eigenvalue weighted by Gasteiger charge is -2.13. The quantitative estimate of drug-likeness (QED) is 0.535. The van der Waals surface area contributed by atoms with Crippen molar-refractivity contribution in [2.24, 2.45) is 11.7 Å². The average molecular weight is 255 g/mol. The number of hydrogen-bond acceptors (Lipinski definition) is 3. The summed E-state index contributed by atoms with van der Waals surface area (Å²) in [5, 5.41) is 0. The van der Waals surface area contributed by atoms with Gasteiger partial charge in [-0.3, -0.25) is 4.79 Å². The zero-order chi connectivity index (χ0) is 14.4. The zero-order valence-corrected chi connectivity index (χ0v) is 11.5. The summed E-state index contributed by atoms with van der Waals surface area (Å²) in [5.41, 5.74) is 4.53. The number of rotatable bonds is 8. The Kier molecular flexibility index (Phi) is 14.1. The largest absolute Gasteiger partial charge is 0.462 e. The smallest absolute Gasteiger partial charge is 0.330 e. The number of nitrogens with two attached hydrogens (primary N) is 1. The minimum Gasteiger partial charge on any atom is -0.462 e. The molecule has 0 bridgehead atoms. The third-order valence-corrected chi connectivity index (χ3v) is 2.37. The van der Waals surface area contributed by atoms with E-state index in [2.05, 4.69) is 32.7 Å². The highest BCUT2D eigenvalue weighted by molar-refractivity contribution is 5.85. The van der Waals surface area contributed by atoms with Gasteiger partial charge in [-0.25, -0.2) is 4.79 Å². The number of carbonyl (C=O) groups excluding carboxylic acids is 2. The number of carbonyl (C=O) groups is 2. The predicted octanol–water partition coefficient (Wildman–Crippen LogP) is 2.59. The lowest BCUT2D eigenvalue weighted by molar-refractivity contribution is -0.139. The van der Waals surface area contributed by atoms with E-state index in [1.807, 2.05) is 0 Å². The lowest BCUT2D eigenvalue weighted by atomic mass is 10.0. The van der Waals surface area contributed by atoms with E-state index in [1.54, 1.807) is 0 Å². The molecule has 18 heavy (non-hydrogen) atoms. The molecule has 1 amide bonds. The van der Waals surface area contributed by atoms with E-state index in [0.717, 1.165) is 18.9 Å². The molecule has 0 aliphatic carbocycles. The molecule has 0 rings (SSSR count). The summed E-state index contributed by atoms with van der Waals surface area (Å²) in [5.74, 6) is -0.274. The second kappa shape index (κ2) is 13.5. The van der Waals surface area contributed by atoms with E-state index < -0.39 is 5.91 Å². The topological polar surface area (TPSA) is 69.4 Å². The second-order valence-electron chi connectivity index (χ2n) is 3.86. The van der Waals surface area contributed by atoms with Crippen LogP contribution in [0, 0.1) is 5.92 Å². The van der Waals surface area contributed by atoms with Gasteiger partial charge in [-0.1, -0.05) is 46.3 Å². The molecule has 104 valence electrons. The van der Waals surface area contributed by atoms with Crippen LogP contribution in [0.2, 0.25) is 0 Å². The first-order valence-electron chi connectivity index (χ1n) is 6.22. The minimum atomic E-state index is -0.481. The standard InChI is InChI=1S/C11H20O2.C3H5NO/c1-4-7-8-10(5-2)9-13-11(12)6-3;1-2-3(4)5/h6,10H,3-5,7-9H2,1-2H3;2H,1H2,(H2,4,5). The van der Waals surface area contributed by atoms with Gasteiger partial charge in [0, 0.05) is 6.08 Å². The van der Waals surface area contributed by atoms with Crippen LogP contribution in [0.3, 0.4) is 0 Å². The molecule has 0 heterocycles. The van der Waals surface area contributed by atoms with Crippen LogP contribution in [-0.2, 0) is 14.3 Å². The van der Waals surface area contributed by atoms with Crippen LogP contribution in [0.1, 0.15) is 39.5 Å². The number of ether oxygens (including phenoxy) is 1. The fraction of sp³-hybridized carbons (Fsp3) is 0.571. The molecule has 0 aromatic heterocycles. The SMILES string of the molecule is C=CC(=O)OCC(CC)CCCC.C=CC(N)=O. The Morgan fingerprint density at radius 1 is 1.28 bits per heavy atom. The van der Waals surface area contributed by atoms with Gasteiger partial charge in [-0.05, 0) is 18.4 Å². The number of hydrogen-bond donors (Lipinski definition) is 1. The maximum atomic E-state index is 10.8. The molecule has 0 aliphatic rings. The van der Waals surface area contributed by atoms with Gasteiger partial charge in [-0.2, -0.15) is 0 Å². The van der Waals surface area contributed by atoms with Crippen molar-refractivity contribution in [3.05, 3.63) is 25.3 Å². The highest BCUT2D eigenvalue weighted by Gasteiger charge is 2.07. The van der Waals surface area contributed by atoms with Gasteiger partial charge in [0.25, 0.3) is 0 Å². The predicted molar refractivity (Wildman–Crippen MR) is 73.9 cm³/mol. The van der Waals surface area contributed by atoms with Crippen molar-refractivity contribution < 1.29 is 14.3 Å². The van der Waals surface area contributed by atoms with Gasteiger partial charge in [0.15, 0.2) is 0 Å². The van der Waals surface area contributed by atoms with Crippen LogP contribution in [0.25, 0.3) is 0 Å². The highest BCUT2D eigenvalue weighted by atomic mass is 16.5. The molecule has 1 atom stereocenters. The van der Waals surface area contributed by atoms with Gasteiger partial charge < -0.3 is 10.5 Å². The molecule has 0 radical (unpaired) electrons. The molecule has 0 aromatic carbocycles. The van der Waals surface area contributed by atoms with Crippen LogP contribution in [0.4, 0.5) is 0 Å². The van der Waals surface area contributed by atoms with Crippen molar-refractivity contribution in [1.82, 2.24) is 0 Å². The van der Waals surface area contributed by atoms with Crippen LogP contribution in [0.5, 0.6) is 0 Å². The second-order valence-corrected chi connectivity index (χ2v) is 3.86. The fourth-order valence-corrected chi connectivity index (χ4v) is 1.16.